The fourth-order valence-electron chi connectivity index (χ4n) is 1.91. The minimum Gasteiger partial charge on any atom is -0.467 e. The van der Waals surface area contributed by atoms with Gasteiger partial charge in [0.05, 0.1) is 12.8 Å². The molecule has 0 bridgehead atoms. The van der Waals surface area contributed by atoms with E-state index in [1.807, 2.05) is 36.6 Å². The maximum absolute atomic E-state index is 11.8. The fourth-order valence-corrected chi connectivity index (χ4v) is 2.32. The van der Waals surface area contributed by atoms with Crippen LogP contribution in [0, 0.1) is 0 Å². The minimum atomic E-state index is -0.284. The highest BCUT2D eigenvalue weighted by molar-refractivity contribution is 7.98. The number of furan rings is 1. The van der Waals surface area contributed by atoms with Crippen molar-refractivity contribution in [2.45, 2.75) is 11.0 Å². The number of amides is 1. The number of hydrogen-bond donors (Lipinski definition) is 1. The second kappa shape index (κ2) is 8.46. The van der Waals surface area contributed by atoms with E-state index in [0.29, 0.717) is 12.3 Å². The van der Waals surface area contributed by atoms with Crippen LogP contribution in [0.4, 0.5) is 0 Å². The van der Waals surface area contributed by atoms with Crippen molar-refractivity contribution in [3.8, 4) is 0 Å². The molecule has 0 aliphatic carbocycles. The molecule has 1 amide bonds. The van der Waals surface area contributed by atoms with Gasteiger partial charge < -0.3 is 14.5 Å². The van der Waals surface area contributed by atoms with Gasteiger partial charge in [-0.05, 0) is 42.2 Å². The summed E-state index contributed by atoms with van der Waals surface area (Å²) in [6.45, 7) is 0.360. The van der Waals surface area contributed by atoms with E-state index in [9.17, 15) is 4.79 Å². The van der Waals surface area contributed by atoms with E-state index in [-0.39, 0.29) is 12.0 Å². The SMILES string of the molecule is CO[C@@H](CNC(=O)/C=C/c1ccc(SC)cc1)c1ccco1. The molecule has 2 aromatic rings. The zero-order valence-electron chi connectivity index (χ0n) is 12.6. The monoisotopic (exact) mass is 317 g/mol. The lowest BCUT2D eigenvalue weighted by Gasteiger charge is -2.12. The molecule has 1 aromatic heterocycles. The molecule has 22 heavy (non-hydrogen) atoms. The third-order valence-electron chi connectivity index (χ3n) is 3.15. The van der Waals surface area contributed by atoms with Gasteiger partial charge in [-0.15, -0.1) is 11.8 Å². The second-order valence-electron chi connectivity index (χ2n) is 4.59. The van der Waals surface area contributed by atoms with Crippen LogP contribution in [0.2, 0.25) is 0 Å². The Hall–Kier alpha value is -1.98. The number of methoxy groups -OCH3 is 1. The Morgan fingerprint density at radius 3 is 2.73 bits per heavy atom. The quantitative estimate of drug-likeness (QED) is 0.627. The van der Waals surface area contributed by atoms with Crippen LogP contribution in [0.3, 0.4) is 0 Å². The van der Waals surface area contributed by atoms with Crippen LogP contribution in [0.25, 0.3) is 6.08 Å². The van der Waals surface area contributed by atoms with Crippen molar-refractivity contribution in [2.75, 3.05) is 19.9 Å². The molecule has 0 unspecified atom stereocenters. The standard InChI is InChI=1S/C17H19NO3S/c1-20-16(15-4-3-11-21-15)12-18-17(19)10-7-13-5-8-14(22-2)9-6-13/h3-11,16H,12H2,1-2H3,(H,18,19)/b10-7+/t16-/m0/s1. The van der Waals surface area contributed by atoms with Gasteiger partial charge in [0.1, 0.15) is 11.9 Å². The van der Waals surface area contributed by atoms with Crippen molar-refractivity contribution < 1.29 is 13.9 Å². The van der Waals surface area contributed by atoms with Gasteiger partial charge in [-0.3, -0.25) is 4.79 Å². The molecular formula is C17H19NO3S. The van der Waals surface area contributed by atoms with Crippen molar-refractivity contribution >= 4 is 23.7 Å². The summed E-state index contributed by atoms with van der Waals surface area (Å²) in [5.74, 6) is 0.530. The van der Waals surface area contributed by atoms with Crippen LogP contribution >= 0.6 is 11.8 Å². The molecule has 1 aromatic carbocycles. The summed E-state index contributed by atoms with van der Waals surface area (Å²) in [6.07, 6.45) is 6.63. The molecule has 0 saturated heterocycles. The van der Waals surface area contributed by atoms with E-state index < -0.39 is 0 Å². The topological polar surface area (TPSA) is 51.5 Å². The van der Waals surface area contributed by atoms with E-state index in [4.69, 9.17) is 9.15 Å². The third kappa shape index (κ3) is 4.79. The van der Waals surface area contributed by atoms with E-state index >= 15 is 0 Å². The van der Waals surface area contributed by atoms with Gasteiger partial charge in [0.25, 0.3) is 0 Å². The molecule has 0 aliphatic rings. The van der Waals surface area contributed by atoms with Crippen molar-refractivity contribution in [3.05, 3.63) is 60.1 Å². The Bertz CT molecular complexity index is 605. The summed E-state index contributed by atoms with van der Waals surface area (Å²) in [6, 6.07) is 11.6. The molecule has 0 spiro atoms. The molecule has 5 heteroatoms. The van der Waals surface area contributed by atoms with Gasteiger partial charge in [0, 0.05) is 18.1 Å². The maximum atomic E-state index is 11.8. The predicted molar refractivity (Wildman–Crippen MR) is 88.7 cm³/mol. The van der Waals surface area contributed by atoms with Crippen LogP contribution in [-0.2, 0) is 9.53 Å². The molecule has 116 valence electrons. The van der Waals surface area contributed by atoms with Crippen LogP contribution in [-0.4, -0.2) is 25.8 Å². The van der Waals surface area contributed by atoms with Gasteiger partial charge in [-0.2, -0.15) is 0 Å². The number of ether oxygens (including phenoxy) is 1. The normalized spacial score (nSPS) is 12.5. The van der Waals surface area contributed by atoms with Gasteiger partial charge in [-0.1, -0.05) is 12.1 Å². The zero-order chi connectivity index (χ0) is 15.8. The Morgan fingerprint density at radius 2 is 2.14 bits per heavy atom. The molecule has 0 aliphatic heterocycles. The number of thioether (sulfide) groups is 1. The number of rotatable bonds is 7. The summed E-state index contributed by atoms with van der Waals surface area (Å²) < 4.78 is 10.6. The Kier molecular flexibility index (Phi) is 6.30. The summed E-state index contributed by atoms with van der Waals surface area (Å²) in [4.78, 5) is 13.0. The van der Waals surface area contributed by atoms with Gasteiger partial charge in [0.2, 0.25) is 5.91 Å². The first kappa shape index (κ1) is 16.4. The number of hydrogen-bond acceptors (Lipinski definition) is 4. The summed E-state index contributed by atoms with van der Waals surface area (Å²) in [5, 5.41) is 2.80. The smallest absolute Gasteiger partial charge is 0.244 e. The zero-order valence-corrected chi connectivity index (χ0v) is 13.4. The summed E-state index contributed by atoms with van der Waals surface area (Å²) in [7, 11) is 1.59. The molecule has 0 fully saturated rings. The highest BCUT2D eigenvalue weighted by Crippen LogP contribution is 2.16. The maximum Gasteiger partial charge on any atom is 0.244 e. The minimum absolute atomic E-state index is 0.164. The van der Waals surface area contributed by atoms with Crippen molar-refractivity contribution in [3.63, 3.8) is 0 Å². The molecule has 0 saturated carbocycles. The number of nitrogens with one attached hydrogen (secondary N) is 1. The Labute approximate surface area is 134 Å². The first-order valence-electron chi connectivity index (χ1n) is 6.89. The van der Waals surface area contributed by atoms with E-state index in [1.165, 1.54) is 11.0 Å². The number of carbonyl (C=O) groups is 1. The molecule has 1 N–H and O–H groups in total. The molecule has 2 rings (SSSR count). The molecule has 1 heterocycles. The predicted octanol–water partition coefficient (Wildman–Crippen LogP) is 3.52. The van der Waals surface area contributed by atoms with E-state index in [0.717, 1.165) is 5.56 Å². The highest BCUT2D eigenvalue weighted by atomic mass is 32.2. The lowest BCUT2D eigenvalue weighted by atomic mass is 10.2. The average molecular weight is 317 g/mol. The molecule has 1 atom stereocenters. The average Bonchev–Trinajstić information content (AvgIpc) is 3.08. The lowest BCUT2D eigenvalue weighted by molar-refractivity contribution is -0.117. The molecule has 0 radical (unpaired) electrons. The Balaban J connectivity index is 1.85. The van der Waals surface area contributed by atoms with Crippen LogP contribution in [0.1, 0.15) is 17.4 Å². The first-order chi connectivity index (χ1) is 10.7. The van der Waals surface area contributed by atoms with Crippen molar-refractivity contribution in [2.24, 2.45) is 0 Å². The summed E-state index contributed by atoms with van der Waals surface area (Å²) >= 11 is 1.69. The largest absolute Gasteiger partial charge is 0.467 e. The van der Waals surface area contributed by atoms with Gasteiger partial charge >= 0.3 is 0 Å². The number of benzene rings is 1. The van der Waals surface area contributed by atoms with E-state index in [2.05, 4.69) is 5.32 Å². The van der Waals surface area contributed by atoms with E-state index in [1.54, 1.807) is 37.3 Å². The van der Waals surface area contributed by atoms with Crippen molar-refractivity contribution in [1.82, 2.24) is 5.32 Å². The highest BCUT2D eigenvalue weighted by Gasteiger charge is 2.13. The van der Waals surface area contributed by atoms with Crippen LogP contribution < -0.4 is 5.32 Å². The van der Waals surface area contributed by atoms with Crippen LogP contribution in [0.15, 0.2) is 58.1 Å². The fraction of sp³-hybridized carbons (Fsp3) is 0.235. The summed E-state index contributed by atoms with van der Waals surface area (Å²) in [5.41, 5.74) is 0.988. The Morgan fingerprint density at radius 1 is 1.36 bits per heavy atom. The van der Waals surface area contributed by atoms with Crippen molar-refractivity contribution in [1.29, 1.82) is 0 Å². The number of carbonyl (C=O) groups excluding carboxylic acids is 1. The lowest BCUT2D eigenvalue weighted by Crippen LogP contribution is -2.27. The van der Waals surface area contributed by atoms with Gasteiger partial charge in [0.15, 0.2) is 0 Å². The van der Waals surface area contributed by atoms with Crippen LogP contribution in [0.5, 0.6) is 0 Å². The first-order valence-corrected chi connectivity index (χ1v) is 8.11. The third-order valence-corrected chi connectivity index (χ3v) is 3.89. The second-order valence-corrected chi connectivity index (χ2v) is 5.47. The molecular weight excluding hydrogens is 298 g/mol. The van der Waals surface area contributed by atoms with Gasteiger partial charge in [-0.25, -0.2) is 0 Å². The molecule has 4 nitrogen and oxygen atoms in total.